The minimum atomic E-state index is 0.0772. The summed E-state index contributed by atoms with van der Waals surface area (Å²) in [7, 11) is 3.85. The topological polar surface area (TPSA) is 38.1 Å². The zero-order valence-corrected chi connectivity index (χ0v) is 11.8. The molecule has 100 valence electrons. The lowest BCUT2D eigenvalue weighted by Crippen LogP contribution is -2.26. The number of ketones is 1. The van der Waals surface area contributed by atoms with E-state index in [0.717, 1.165) is 5.82 Å². The zero-order valence-electron chi connectivity index (χ0n) is 11.0. The van der Waals surface area contributed by atoms with Gasteiger partial charge in [0.15, 0.2) is 5.78 Å². The molecule has 0 amide bonds. The van der Waals surface area contributed by atoms with Crippen molar-refractivity contribution >= 4 is 17.4 Å². The smallest absolute Gasteiger partial charge is 0.176 e. The number of carbonyl (C=O) groups excluding carboxylic acids is 1. The first kappa shape index (κ1) is 13.8. The minimum absolute atomic E-state index is 0.0772. The fourth-order valence-corrected chi connectivity index (χ4v) is 1.94. The zero-order chi connectivity index (χ0) is 13.8. The predicted octanol–water partition coefficient (Wildman–Crippen LogP) is 2.39. The van der Waals surface area contributed by atoms with Crippen LogP contribution in [0.3, 0.4) is 0 Å². The van der Waals surface area contributed by atoms with Crippen LogP contribution >= 0.6 is 11.6 Å². The minimum Gasteiger partial charge on any atom is -0.337 e. The lowest BCUT2D eigenvalue weighted by atomic mass is 10.1. The molecule has 4 nitrogen and oxygen atoms in total. The van der Waals surface area contributed by atoms with Crippen molar-refractivity contribution < 1.29 is 4.79 Å². The fourth-order valence-electron chi connectivity index (χ4n) is 1.82. The molecule has 0 N–H and O–H groups in total. The standard InChI is InChI=1S/C14H16ClN3O/c1-17(10-14-16-7-8-18(14)2)9-13(19)11-3-5-12(15)6-4-11/h3-8H,9-10H2,1-2H3. The Labute approximate surface area is 117 Å². The van der Waals surface area contributed by atoms with E-state index in [4.69, 9.17) is 11.6 Å². The molecule has 0 spiro atoms. The fraction of sp³-hybridized carbons (Fsp3) is 0.286. The number of hydrogen-bond donors (Lipinski definition) is 0. The van der Waals surface area contributed by atoms with Gasteiger partial charge in [-0.15, -0.1) is 0 Å². The molecule has 0 radical (unpaired) electrons. The van der Waals surface area contributed by atoms with Gasteiger partial charge in [-0.25, -0.2) is 4.98 Å². The van der Waals surface area contributed by atoms with Crippen LogP contribution < -0.4 is 0 Å². The van der Waals surface area contributed by atoms with Crippen molar-refractivity contribution in [3.05, 3.63) is 53.1 Å². The van der Waals surface area contributed by atoms with E-state index in [1.807, 2.05) is 29.8 Å². The Morgan fingerprint density at radius 2 is 2.05 bits per heavy atom. The number of halogens is 1. The summed E-state index contributed by atoms with van der Waals surface area (Å²) in [5.41, 5.74) is 0.677. The average Bonchev–Trinajstić information content (AvgIpc) is 2.75. The molecule has 1 heterocycles. The second-order valence-electron chi connectivity index (χ2n) is 4.56. The number of Topliss-reactive ketones (excluding diaryl/α,β-unsaturated/α-hetero) is 1. The third kappa shape index (κ3) is 3.66. The van der Waals surface area contributed by atoms with Gasteiger partial charge in [0.25, 0.3) is 0 Å². The van der Waals surface area contributed by atoms with Crippen LogP contribution in [-0.2, 0) is 13.6 Å². The van der Waals surface area contributed by atoms with Gasteiger partial charge in [0.2, 0.25) is 0 Å². The molecule has 0 aliphatic heterocycles. The summed E-state index contributed by atoms with van der Waals surface area (Å²) in [5.74, 6) is 1.01. The largest absolute Gasteiger partial charge is 0.337 e. The first-order valence-electron chi connectivity index (χ1n) is 6.00. The van der Waals surface area contributed by atoms with E-state index >= 15 is 0 Å². The summed E-state index contributed by atoms with van der Waals surface area (Å²) in [6.45, 7) is 0.997. The maximum atomic E-state index is 12.1. The predicted molar refractivity (Wildman–Crippen MR) is 75.3 cm³/mol. The number of nitrogens with zero attached hydrogens (tertiary/aromatic N) is 3. The Bertz CT molecular complexity index is 562. The van der Waals surface area contributed by atoms with Crippen molar-refractivity contribution in [2.24, 2.45) is 7.05 Å². The molecule has 1 aromatic carbocycles. The average molecular weight is 278 g/mol. The molecule has 0 fully saturated rings. The lowest BCUT2D eigenvalue weighted by molar-refractivity contribution is 0.0941. The number of imidazole rings is 1. The molecule has 0 unspecified atom stereocenters. The van der Waals surface area contributed by atoms with E-state index in [1.54, 1.807) is 30.5 Å². The molecule has 0 bridgehead atoms. The van der Waals surface area contributed by atoms with Gasteiger partial charge in [-0.3, -0.25) is 9.69 Å². The van der Waals surface area contributed by atoms with Crippen molar-refractivity contribution in [2.75, 3.05) is 13.6 Å². The number of likely N-dealkylation sites (N-methyl/N-ethyl adjacent to an activating group) is 1. The molecule has 0 saturated carbocycles. The highest BCUT2D eigenvalue weighted by atomic mass is 35.5. The van der Waals surface area contributed by atoms with Gasteiger partial charge in [-0.2, -0.15) is 0 Å². The Morgan fingerprint density at radius 3 is 2.63 bits per heavy atom. The van der Waals surface area contributed by atoms with Crippen molar-refractivity contribution in [1.82, 2.24) is 14.5 Å². The van der Waals surface area contributed by atoms with Crippen LogP contribution in [0.1, 0.15) is 16.2 Å². The first-order chi connectivity index (χ1) is 9.06. The van der Waals surface area contributed by atoms with Crippen LogP contribution in [0, 0.1) is 0 Å². The Hall–Kier alpha value is -1.65. The third-order valence-corrected chi connectivity index (χ3v) is 3.16. The van der Waals surface area contributed by atoms with E-state index in [2.05, 4.69) is 4.98 Å². The molecule has 2 rings (SSSR count). The van der Waals surface area contributed by atoms with Crippen molar-refractivity contribution in [2.45, 2.75) is 6.54 Å². The van der Waals surface area contributed by atoms with Crippen LogP contribution in [-0.4, -0.2) is 33.8 Å². The van der Waals surface area contributed by atoms with Crippen molar-refractivity contribution in [3.63, 3.8) is 0 Å². The van der Waals surface area contributed by atoms with E-state index in [0.29, 0.717) is 23.7 Å². The van der Waals surface area contributed by atoms with E-state index in [9.17, 15) is 4.79 Å². The quantitative estimate of drug-likeness (QED) is 0.788. The lowest BCUT2D eigenvalue weighted by Gasteiger charge is -2.15. The van der Waals surface area contributed by atoms with E-state index in [1.165, 1.54) is 0 Å². The maximum Gasteiger partial charge on any atom is 0.176 e. The highest BCUT2D eigenvalue weighted by Crippen LogP contribution is 2.10. The number of hydrogen-bond acceptors (Lipinski definition) is 3. The summed E-state index contributed by atoms with van der Waals surface area (Å²) >= 11 is 5.80. The molecular formula is C14H16ClN3O. The van der Waals surface area contributed by atoms with Crippen molar-refractivity contribution in [3.8, 4) is 0 Å². The van der Waals surface area contributed by atoms with Gasteiger partial charge in [-0.05, 0) is 31.3 Å². The molecular weight excluding hydrogens is 262 g/mol. The molecule has 19 heavy (non-hydrogen) atoms. The van der Waals surface area contributed by atoms with Crippen LogP contribution in [0.5, 0.6) is 0 Å². The Kier molecular flexibility index (Phi) is 4.35. The molecule has 0 atom stereocenters. The molecule has 1 aromatic heterocycles. The van der Waals surface area contributed by atoms with Gasteiger partial charge < -0.3 is 4.57 Å². The molecule has 0 aliphatic carbocycles. The van der Waals surface area contributed by atoms with Crippen LogP contribution in [0.25, 0.3) is 0 Å². The van der Waals surface area contributed by atoms with Gasteiger partial charge in [0, 0.05) is 30.0 Å². The van der Waals surface area contributed by atoms with Crippen LogP contribution in [0.4, 0.5) is 0 Å². The highest BCUT2D eigenvalue weighted by Gasteiger charge is 2.11. The second kappa shape index (κ2) is 5.99. The molecule has 5 heteroatoms. The first-order valence-corrected chi connectivity index (χ1v) is 6.37. The van der Waals surface area contributed by atoms with E-state index in [-0.39, 0.29) is 5.78 Å². The summed E-state index contributed by atoms with van der Waals surface area (Å²) < 4.78 is 1.95. The SMILES string of the molecule is CN(CC(=O)c1ccc(Cl)cc1)Cc1nccn1C. The molecule has 2 aromatic rings. The van der Waals surface area contributed by atoms with Crippen LogP contribution in [0.15, 0.2) is 36.7 Å². The summed E-state index contributed by atoms with van der Waals surface area (Å²) in [6.07, 6.45) is 3.65. The number of aromatic nitrogens is 2. The Balaban J connectivity index is 1.95. The normalized spacial score (nSPS) is 10.9. The third-order valence-electron chi connectivity index (χ3n) is 2.91. The second-order valence-corrected chi connectivity index (χ2v) is 4.99. The Morgan fingerprint density at radius 1 is 1.37 bits per heavy atom. The van der Waals surface area contributed by atoms with Crippen molar-refractivity contribution in [1.29, 1.82) is 0 Å². The molecule has 0 aliphatic rings. The number of rotatable bonds is 5. The monoisotopic (exact) mass is 277 g/mol. The van der Waals surface area contributed by atoms with Gasteiger partial charge in [-0.1, -0.05) is 11.6 Å². The van der Waals surface area contributed by atoms with Gasteiger partial charge in [0.1, 0.15) is 5.82 Å². The summed E-state index contributed by atoms with van der Waals surface area (Å²) in [5, 5.41) is 0.637. The maximum absolute atomic E-state index is 12.1. The van der Waals surface area contributed by atoms with Gasteiger partial charge in [0.05, 0.1) is 13.1 Å². The number of carbonyl (C=O) groups is 1. The summed E-state index contributed by atoms with van der Waals surface area (Å²) in [6, 6.07) is 6.96. The van der Waals surface area contributed by atoms with E-state index < -0.39 is 0 Å². The number of benzene rings is 1. The molecule has 0 saturated heterocycles. The van der Waals surface area contributed by atoms with Crippen LogP contribution in [0.2, 0.25) is 5.02 Å². The number of aryl methyl sites for hydroxylation is 1. The highest BCUT2D eigenvalue weighted by molar-refractivity contribution is 6.30. The van der Waals surface area contributed by atoms with Gasteiger partial charge >= 0.3 is 0 Å². The summed E-state index contributed by atoms with van der Waals surface area (Å²) in [4.78, 5) is 18.3.